The molecule has 0 aromatic heterocycles. The second-order valence-corrected chi connectivity index (χ2v) is 3.75. The molecular formula is C11H16ClN3O3. The summed E-state index contributed by atoms with van der Waals surface area (Å²) in [4.78, 5) is 21.1. The summed E-state index contributed by atoms with van der Waals surface area (Å²) < 4.78 is 0. The lowest BCUT2D eigenvalue weighted by Gasteiger charge is -2.07. The molecule has 1 atom stereocenters. The summed E-state index contributed by atoms with van der Waals surface area (Å²) in [5, 5.41) is 13.1. The van der Waals surface area contributed by atoms with Crippen molar-refractivity contribution < 1.29 is 9.72 Å². The van der Waals surface area contributed by atoms with Crippen LogP contribution in [0.2, 0.25) is 0 Å². The Morgan fingerprint density at radius 2 is 2.00 bits per heavy atom. The van der Waals surface area contributed by atoms with E-state index in [-0.39, 0.29) is 24.0 Å². The number of nitro benzene ring substituents is 1. The molecule has 0 aliphatic carbocycles. The van der Waals surface area contributed by atoms with Gasteiger partial charge < -0.3 is 11.1 Å². The van der Waals surface area contributed by atoms with Gasteiger partial charge in [0.25, 0.3) is 5.69 Å². The van der Waals surface area contributed by atoms with Gasteiger partial charge in [-0.15, -0.1) is 12.4 Å². The van der Waals surface area contributed by atoms with Crippen molar-refractivity contribution in [1.82, 2.24) is 5.32 Å². The Kier molecular flexibility index (Phi) is 6.92. The van der Waals surface area contributed by atoms with Crippen LogP contribution in [-0.4, -0.2) is 23.4 Å². The average molecular weight is 274 g/mol. The van der Waals surface area contributed by atoms with Crippen LogP contribution in [0.1, 0.15) is 12.5 Å². The minimum Gasteiger partial charge on any atom is -0.354 e. The van der Waals surface area contributed by atoms with Crippen LogP contribution in [0, 0.1) is 10.1 Å². The highest BCUT2D eigenvalue weighted by molar-refractivity contribution is 5.85. The number of benzene rings is 1. The second-order valence-electron chi connectivity index (χ2n) is 3.75. The first-order chi connectivity index (χ1) is 8.00. The van der Waals surface area contributed by atoms with Crippen molar-refractivity contribution >= 4 is 24.0 Å². The van der Waals surface area contributed by atoms with Crippen LogP contribution in [0.15, 0.2) is 24.3 Å². The highest BCUT2D eigenvalue weighted by Crippen LogP contribution is 2.11. The van der Waals surface area contributed by atoms with Crippen molar-refractivity contribution in [3.05, 3.63) is 39.9 Å². The second kappa shape index (κ2) is 7.62. The molecule has 1 amide bonds. The Hall–Kier alpha value is -1.66. The third-order valence-corrected chi connectivity index (χ3v) is 2.27. The van der Waals surface area contributed by atoms with E-state index >= 15 is 0 Å². The first-order valence-electron chi connectivity index (χ1n) is 5.27. The summed E-state index contributed by atoms with van der Waals surface area (Å²) >= 11 is 0. The molecule has 0 heterocycles. The number of nitrogens with one attached hydrogen (secondary N) is 1. The molecule has 0 fully saturated rings. The SMILES string of the molecule is CC(N)C(=O)NCCc1ccc([N+](=O)[O-])cc1.Cl. The van der Waals surface area contributed by atoms with Crippen LogP contribution in [-0.2, 0) is 11.2 Å². The quantitative estimate of drug-likeness (QED) is 0.618. The third kappa shape index (κ3) is 5.11. The number of non-ortho nitro benzene ring substituents is 1. The average Bonchev–Trinajstić information content (AvgIpc) is 2.29. The molecule has 6 nitrogen and oxygen atoms in total. The molecule has 0 bridgehead atoms. The summed E-state index contributed by atoms with van der Waals surface area (Å²) in [6, 6.07) is 5.73. The molecule has 1 aromatic carbocycles. The molecule has 0 saturated carbocycles. The third-order valence-electron chi connectivity index (χ3n) is 2.27. The normalized spacial score (nSPS) is 11.2. The number of amides is 1. The molecule has 1 rings (SSSR count). The van der Waals surface area contributed by atoms with Crippen molar-refractivity contribution in [2.45, 2.75) is 19.4 Å². The van der Waals surface area contributed by atoms with E-state index in [1.807, 2.05) is 0 Å². The number of nitrogens with zero attached hydrogens (tertiary/aromatic N) is 1. The standard InChI is InChI=1S/C11H15N3O3.ClH/c1-8(12)11(15)13-7-6-9-2-4-10(5-3-9)14(16)17;/h2-5,8H,6-7,12H2,1H3,(H,13,15);1H. The largest absolute Gasteiger partial charge is 0.354 e. The van der Waals surface area contributed by atoms with Gasteiger partial charge >= 0.3 is 0 Å². The molecule has 0 aliphatic heterocycles. The van der Waals surface area contributed by atoms with Gasteiger partial charge in [-0.1, -0.05) is 12.1 Å². The number of rotatable bonds is 5. The molecule has 18 heavy (non-hydrogen) atoms. The fraction of sp³-hybridized carbons (Fsp3) is 0.364. The van der Waals surface area contributed by atoms with Crippen LogP contribution < -0.4 is 11.1 Å². The molecule has 3 N–H and O–H groups in total. The maximum Gasteiger partial charge on any atom is 0.269 e. The molecule has 100 valence electrons. The van der Waals surface area contributed by atoms with Crippen LogP contribution >= 0.6 is 12.4 Å². The molecule has 1 unspecified atom stereocenters. The van der Waals surface area contributed by atoms with Gasteiger partial charge in [-0.25, -0.2) is 0 Å². The van der Waals surface area contributed by atoms with E-state index in [0.29, 0.717) is 13.0 Å². The Morgan fingerprint density at radius 3 is 2.44 bits per heavy atom. The lowest BCUT2D eigenvalue weighted by molar-refractivity contribution is -0.384. The topological polar surface area (TPSA) is 98.3 Å². The minimum absolute atomic E-state index is 0. The van der Waals surface area contributed by atoms with Gasteiger partial charge in [-0.3, -0.25) is 14.9 Å². The van der Waals surface area contributed by atoms with E-state index in [1.165, 1.54) is 12.1 Å². The van der Waals surface area contributed by atoms with Gasteiger partial charge in [-0.2, -0.15) is 0 Å². The van der Waals surface area contributed by atoms with E-state index in [9.17, 15) is 14.9 Å². The number of nitro groups is 1. The van der Waals surface area contributed by atoms with Crippen molar-refractivity contribution in [2.24, 2.45) is 5.73 Å². The Bertz CT molecular complexity index is 406. The fourth-order valence-electron chi connectivity index (χ4n) is 1.28. The minimum atomic E-state index is -0.521. The highest BCUT2D eigenvalue weighted by atomic mass is 35.5. The van der Waals surface area contributed by atoms with E-state index in [2.05, 4.69) is 5.32 Å². The summed E-state index contributed by atoms with van der Waals surface area (Å²) in [7, 11) is 0. The van der Waals surface area contributed by atoms with Gasteiger partial charge in [0.1, 0.15) is 0 Å². The summed E-state index contributed by atoms with van der Waals surface area (Å²) in [5.74, 6) is -0.202. The highest BCUT2D eigenvalue weighted by Gasteiger charge is 2.06. The Morgan fingerprint density at radius 1 is 1.44 bits per heavy atom. The van der Waals surface area contributed by atoms with Gasteiger partial charge in [0.15, 0.2) is 0 Å². The van der Waals surface area contributed by atoms with E-state index in [1.54, 1.807) is 19.1 Å². The molecule has 0 spiro atoms. The van der Waals surface area contributed by atoms with Gasteiger partial charge in [0.2, 0.25) is 5.91 Å². The molecule has 7 heteroatoms. The number of carbonyl (C=O) groups is 1. The molecule has 0 aliphatic rings. The van der Waals surface area contributed by atoms with Crippen LogP contribution in [0.5, 0.6) is 0 Å². The molecule has 0 saturated heterocycles. The maximum absolute atomic E-state index is 11.2. The van der Waals surface area contributed by atoms with Gasteiger partial charge in [0, 0.05) is 18.7 Å². The summed E-state index contributed by atoms with van der Waals surface area (Å²) in [6.45, 7) is 2.08. The van der Waals surface area contributed by atoms with Crippen molar-refractivity contribution in [3.63, 3.8) is 0 Å². The predicted octanol–water partition coefficient (Wildman–Crippen LogP) is 1.02. The van der Waals surface area contributed by atoms with Crippen molar-refractivity contribution in [1.29, 1.82) is 0 Å². The zero-order valence-electron chi connectivity index (χ0n) is 9.96. The summed E-state index contributed by atoms with van der Waals surface area (Å²) in [6.07, 6.45) is 0.621. The van der Waals surface area contributed by atoms with E-state index < -0.39 is 11.0 Å². The first-order valence-corrected chi connectivity index (χ1v) is 5.27. The Balaban J connectivity index is 0.00000289. The number of carbonyl (C=O) groups excluding carboxylic acids is 1. The maximum atomic E-state index is 11.2. The monoisotopic (exact) mass is 273 g/mol. The smallest absolute Gasteiger partial charge is 0.269 e. The lowest BCUT2D eigenvalue weighted by atomic mass is 10.1. The van der Waals surface area contributed by atoms with E-state index in [0.717, 1.165) is 5.56 Å². The molecule has 0 radical (unpaired) electrons. The lowest BCUT2D eigenvalue weighted by Crippen LogP contribution is -2.39. The van der Waals surface area contributed by atoms with Crippen LogP contribution in [0.4, 0.5) is 5.69 Å². The number of halogens is 1. The van der Waals surface area contributed by atoms with Gasteiger partial charge in [0.05, 0.1) is 11.0 Å². The predicted molar refractivity (Wildman–Crippen MR) is 70.7 cm³/mol. The van der Waals surface area contributed by atoms with Crippen LogP contribution in [0.3, 0.4) is 0 Å². The first kappa shape index (κ1) is 16.3. The van der Waals surface area contributed by atoms with Crippen LogP contribution in [0.25, 0.3) is 0 Å². The molecular weight excluding hydrogens is 258 g/mol. The number of nitrogens with two attached hydrogens (primary N) is 1. The Labute approximate surface area is 111 Å². The summed E-state index contributed by atoms with van der Waals surface area (Å²) in [5.41, 5.74) is 6.38. The van der Waals surface area contributed by atoms with Gasteiger partial charge in [-0.05, 0) is 18.9 Å². The molecule has 1 aromatic rings. The zero-order valence-corrected chi connectivity index (χ0v) is 10.8. The zero-order chi connectivity index (χ0) is 12.8. The number of hydrogen-bond acceptors (Lipinski definition) is 4. The van der Waals surface area contributed by atoms with Crippen molar-refractivity contribution in [2.75, 3.05) is 6.54 Å². The van der Waals surface area contributed by atoms with E-state index in [4.69, 9.17) is 5.73 Å². The fourth-order valence-corrected chi connectivity index (χ4v) is 1.28. The van der Waals surface area contributed by atoms with Crippen molar-refractivity contribution in [3.8, 4) is 0 Å². The number of hydrogen-bond donors (Lipinski definition) is 2.